The summed E-state index contributed by atoms with van der Waals surface area (Å²) in [7, 11) is 3.65. The summed E-state index contributed by atoms with van der Waals surface area (Å²) < 4.78 is 10.4. The summed E-state index contributed by atoms with van der Waals surface area (Å²) in [6.07, 6.45) is 0.887. The van der Waals surface area contributed by atoms with Gasteiger partial charge in [-0.05, 0) is 13.0 Å². The molecule has 0 unspecified atom stereocenters. The molecule has 1 N–H and O–H groups in total. The maximum Gasteiger partial charge on any atom is 0.0954 e. The number of aromatic nitrogens is 1. The normalized spacial score (nSPS) is 11.4. The Kier molecular flexibility index (Phi) is 7.42. The van der Waals surface area contributed by atoms with Gasteiger partial charge in [0.2, 0.25) is 0 Å². The molecule has 104 valence electrons. The first kappa shape index (κ1) is 15.6. The van der Waals surface area contributed by atoms with Gasteiger partial charge in [-0.25, -0.2) is 4.98 Å². The fourth-order valence-corrected chi connectivity index (χ4v) is 2.88. The fourth-order valence-electron chi connectivity index (χ4n) is 1.66. The predicted molar refractivity (Wildman–Crippen MR) is 75.4 cm³/mol. The maximum atomic E-state index is 5.47. The predicted octanol–water partition coefficient (Wildman–Crippen LogP) is 2.19. The van der Waals surface area contributed by atoms with E-state index in [0.717, 1.165) is 13.0 Å². The number of methoxy groups -OCH3 is 1. The summed E-state index contributed by atoms with van der Waals surface area (Å²) in [6.45, 7) is 7.30. The summed E-state index contributed by atoms with van der Waals surface area (Å²) in [4.78, 5) is 6.06. The van der Waals surface area contributed by atoms with Gasteiger partial charge in [0.15, 0.2) is 0 Å². The van der Waals surface area contributed by atoms with Gasteiger partial charge in [-0.15, -0.1) is 11.3 Å². The molecule has 1 aromatic rings. The highest BCUT2D eigenvalue weighted by atomic mass is 32.1. The van der Waals surface area contributed by atoms with E-state index in [-0.39, 0.29) is 0 Å². The molecule has 1 rings (SSSR count). The third-order valence-electron chi connectivity index (χ3n) is 2.55. The van der Waals surface area contributed by atoms with Gasteiger partial charge in [0.1, 0.15) is 0 Å². The van der Waals surface area contributed by atoms with Crippen LogP contribution < -0.4 is 5.32 Å². The Morgan fingerprint density at radius 3 is 2.67 bits per heavy atom. The first-order chi connectivity index (χ1) is 8.69. The second-order valence-corrected chi connectivity index (χ2v) is 5.62. The number of thiazole rings is 1. The van der Waals surface area contributed by atoms with Gasteiger partial charge in [-0.2, -0.15) is 0 Å². The Hall–Kier alpha value is -0.490. The number of hydrogen-bond acceptors (Lipinski definition) is 5. The second-order valence-electron chi connectivity index (χ2n) is 4.46. The van der Waals surface area contributed by atoms with Crippen LogP contribution in [0, 0.1) is 0 Å². The number of rotatable bonds is 9. The average Bonchev–Trinajstić information content (AvgIpc) is 2.73. The highest BCUT2D eigenvalue weighted by Crippen LogP contribution is 2.25. The van der Waals surface area contributed by atoms with E-state index in [0.29, 0.717) is 25.7 Å². The van der Waals surface area contributed by atoms with Gasteiger partial charge in [0.05, 0.1) is 30.5 Å². The first-order valence-electron chi connectivity index (χ1n) is 6.38. The van der Waals surface area contributed by atoms with Crippen LogP contribution in [-0.4, -0.2) is 39.0 Å². The van der Waals surface area contributed by atoms with Crippen molar-refractivity contribution in [3.05, 3.63) is 15.6 Å². The van der Waals surface area contributed by atoms with Crippen molar-refractivity contribution in [2.45, 2.75) is 32.7 Å². The molecule has 0 aliphatic heterocycles. The number of ether oxygens (including phenoxy) is 2. The zero-order valence-electron chi connectivity index (χ0n) is 11.8. The number of hydrogen-bond donors (Lipinski definition) is 1. The van der Waals surface area contributed by atoms with Crippen molar-refractivity contribution in [2.75, 3.05) is 34.0 Å². The molecule has 18 heavy (non-hydrogen) atoms. The van der Waals surface area contributed by atoms with Crippen LogP contribution in [0.3, 0.4) is 0 Å². The van der Waals surface area contributed by atoms with Crippen molar-refractivity contribution in [3.8, 4) is 0 Å². The molecular weight excluding hydrogens is 248 g/mol. The molecule has 0 spiro atoms. The molecule has 0 fully saturated rings. The van der Waals surface area contributed by atoms with Crippen molar-refractivity contribution >= 4 is 11.3 Å². The third kappa shape index (κ3) is 5.02. The van der Waals surface area contributed by atoms with Crippen LogP contribution in [0.2, 0.25) is 0 Å². The maximum absolute atomic E-state index is 5.47. The molecule has 0 bridgehead atoms. The molecule has 4 nitrogen and oxygen atoms in total. The SMILES string of the molecule is CNCc1sc(CCOCCOC)nc1C(C)C. The minimum atomic E-state index is 0.479. The smallest absolute Gasteiger partial charge is 0.0954 e. The van der Waals surface area contributed by atoms with Crippen LogP contribution in [0.15, 0.2) is 0 Å². The van der Waals surface area contributed by atoms with Crippen LogP contribution in [-0.2, 0) is 22.4 Å². The Balaban J connectivity index is 2.48. The van der Waals surface area contributed by atoms with Crippen LogP contribution in [0.5, 0.6) is 0 Å². The summed E-state index contributed by atoms with van der Waals surface area (Å²) in [5.74, 6) is 0.479. The lowest BCUT2D eigenvalue weighted by atomic mass is 10.1. The van der Waals surface area contributed by atoms with Crippen molar-refractivity contribution in [1.82, 2.24) is 10.3 Å². The van der Waals surface area contributed by atoms with Gasteiger partial charge in [0, 0.05) is 25.0 Å². The molecule has 0 aliphatic rings. The van der Waals surface area contributed by atoms with E-state index in [2.05, 4.69) is 19.2 Å². The first-order valence-corrected chi connectivity index (χ1v) is 7.20. The molecule has 0 saturated heterocycles. The Labute approximate surface area is 114 Å². The molecule has 0 atom stereocenters. The van der Waals surface area contributed by atoms with Gasteiger partial charge in [-0.1, -0.05) is 13.8 Å². The molecule has 5 heteroatoms. The second kappa shape index (κ2) is 8.58. The zero-order chi connectivity index (χ0) is 13.4. The average molecular weight is 272 g/mol. The largest absolute Gasteiger partial charge is 0.382 e. The number of nitrogens with one attached hydrogen (secondary N) is 1. The van der Waals surface area contributed by atoms with Gasteiger partial charge in [-0.3, -0.25) is 0 Å². The molecular formula is C13H24N2O2S. The quantitative estimate of drug-likeness (QED) is 0.700. The van der Waals surface area contributed by atoms with E-state index < -0.39 is 0 Å². The van der Waals surface area contributed by atoms with E-state index >= 15 is 0 Å². The van der Waals surface area contributed by atoms with Crippen LogP contribution in [0.1, 0.15) is 35.3 Å². The summed E-state index contributed by atoms with van der Waals surface area (Å²) in [5.41, 5.74) is 1.22. The zero-order valence-corrected chi connectivity index (χ0v) is 12.6. The summed E-state index contributed by atoms with van der Waals surface area (Å²) in [6, 6.07) is 0. The highest BCUT2D eigenvalue weighted by Gasteiger charge is 2.13. The molecule has 0 radical (unpaired) electrons. The van der Waals surface area contributed by atoms with Crippen LogP contribution >= 0.6 is 11.3 Å². The molecule has 0 aromatic carbocycles. The van der Waals surface area contributed by atoms with E-state index in [9.17, 15) is 0 Å². The molecule has 1 heterocycles. The Bertz CT molecular complexity index is 340. The lowest BCUT2D eigenvalue weighted by Gasteiger charge is -2.03. The van der Waals surface area contributed by atoms with Gasteiger partial charge >= 0.3 is 0 Å². The van der Waals surface area contributed by atoms with Crippen molar-refractivity contribution in [2.24, 2.45) is 0 Å². The topological polar surface area (TPSA) is 43.4 Å². The Morgan fingerprint density at radius 1 is 1.28 bits per heavy atom. The minimum absolute atomic E-state index is 0.479. The van der Waals surface area contributed by atoms with Gasteiger partial charge < -0.3 is 14.8 Å². The Morgan fingerprint density at radius 2 is 2.06 bits per heavy atom. The van der Waals surface area contributed by atoms with Crippen LogP contribution in [0.4, 0.5) is 0 Å². The van der Waals surface area contributed by atoms with Gasteiger partial charge in [0.25, 0.3) is 0 Å². The highest BCUT2D eigenvalue weighted by molar-refractivity contribution is 7.11. The molecule has 0 amide bonds. The summed E-state index contributed by atoms with van der Waals surface area (Å²) in [5, 5.41) is 4.37. The minimum Gasteiger partial charge on any atom is -0.382 e. The van der Waals surface area contributed by atoms with E-state index in [4.69, 9.17) is 14.5 Å². The van der Waals surface area contributed by atoms with Crippen molar-refractivity contribution < 1.29 is 9.47 Å². The molecule has 1 aromatic heterocycles. The van der Waals surface area contributed by atoms with E-state index in [1.54, 1.807) is 18.4 Å². The number of nitrogens with zero attached hydrogens (tertiary/aromatic N) is 1. The van der Waals surface area contributed by atoms with E-state index in [1.165, 1.54) is 15.6 Å². The third-order valence-corrected chi connectivity index (χ3v) is 3.68. The standard InChI is InChI=1S/C13H24N2O2S/c1-10(2)13-11(9-14-3)18-12(15-13)5-6-17-8-7-16-4/h10,14H,5-9H2,1-4H3. The molecule has 0 aliphatic carbocycles. The van der Waals surface area contributed by atoms with Crippen molar-refractivity contribution in [3.63, 3.8) is 0 Å². The lowest BCUT2D eigenvalue weighted by molar-refractivity contribution is 0.0722. The summed E-state index contributed by atoms with van der Waals surface area (Å²) >= 11 is 1.79. The van der Waals surface area contributed by atoms with Crippen molar-refractivity contribution in [1.29, 1.82) is 0 Å². The molecule has 0 saturated carbocycles. The van der Waals surface area contributed by atoms with E-state index in [1.807, 2.05) is 7.05 Å². The lowest BCUT2D eigenvalue weighted by Crippen LogP contribution is -2.06. The monoisotopic (exact) mass is 272 g/mol. The van der Waals surface area contributed by atoms with Crippen LogP contribution in [0.25, 0.3) is 0 Å². The fraction of sp³-hybridized carbons (Fsp3) is 0.769.